The molecule has 0 fully saturated rings. The molecule has 8 heteroatoms. The van der Waals surface area contributed by atoms with Gasteiger partial charge in [0.1, 0.15) is 24.0 Å². The van der Waals surface area contributed by atoms with Crippen LogP contribution in [0.25, 0.3) is 6.08 Å². The summed E-state index contributed by atoms with van der Waals surface area (Å²) >= 11 is 8.01. The van der Waals surface area contributed by atoms with Crippen molar-refractivity contribution in [1.82, 2.24) is 0 Å². The largest absolute Gasteiger partial charge is 0.488 e. The molecule has 1 amide bonds. The van der Waals surface area contributed by atoms with Crippen LogP contribution in [-0.2, 0) is 11.4 Å². The first kappa shape index (κ1) is 23.3. The third-order valence-electron chi connectivity index (χ3n) is 4.31. The van der Waals surface area contributed by atoms with E-state index in [-0.39, 0.29) is 16.8 Å². The van der Waals surface area contributed by atoms with Gasteiger partial charge in [0, 0.05) is 10.7 Å². The molecule has 0 radical (unpaired) electrons. The molecule has 0 heterocycles. The van der Waals surface area contributed by atoms with Crippen LogP contribution in [-0.4, -0.2) is 17.0 Å². The summed E-state index contributed by atoms with van der Waals surface area (Å²) in [5.74, 6) is -1.07. The maximum atomic E-state index is 12.5. The highest BCUT2D eigenvalue weighted by Gasteiger charge is 2.12. The lowest BCUT2D eigenvalue weighted by molar-refractivity contribution is -0.112. The molecule has 0 spiro atoms. The van der Waals surface area contributed by atoms with Crippen LogP contribution in [0.5, 0.6) is 5.75 Å². The smallest absolute Gasteiger partial charge is 0.335 e. The number of hydrogen-bond acceptors (Lipinski definition) is 4. The van der Waals surface area contributed by atoms with Crippen molar-refractivity contribution in [3.05, 3.63) is 97.6 Å². The van der Waals surface area contributed by atoms with E-state index in [1.807, 2.05) is 18.2 Å². The summed E-state index contributed by atoms with van der Waals surface area (Å²) in [6, 6.07) is 20.4. The monoisotopic (exact) mass is 558 g/mol. The Labute approximate surface area is 203 Å². The Kier molecular flexibility index (Phi) is 7.87. The lowest BCUT2D eigenvalue weighted by Crippen LogP contribution is -2.14. The van der Waals surface area contributed by atoms with E-state index in [1.165, 1.54) is 24.3 Å². The number of carboxylic acids is 1. The maximum Gasteiger partial charge on any atom is 0.335 e. The van der Waals surface area contributed by atoms with Crippen LogP contribution in [0.15, 0.2) is 72.3 Å². The zero-order valence-corrected chi connectivity index (χ0v) is 19.4. The normalized spacial score (nSPS) is 10.8. The van der Waals surface area contributed by atoms with Crippen LogP contribution in [0.3, 0.4) is 0 Å². The third kappa shape index (κ3) is 6.33. The molecule has 160 valence electrons. The molecule has 0 bridgehead atoms. The fourth-order valence-electron chi connectivity index (χ4n) is 2.71. The predicted molar refractivity (Wildman–Crippen MR) is 131 cm³/mol. The average molecular weight is 559 g/mol. The van der Waals surface area contributed by atoms with E-state index in [9.17, 15) is 14.9 Å². The third-order valence-corrected chi connectivity index (χ3v) is 5.40. The van der Waals surface area contributed by atoms with E-state index < -0.39 is 11.9 Å². The second kappa shape index (κ2) is 10.8. The van der Waals surface area contributed by atoms with Crippen LogP contribution < -0.4 is 10.1 Å². The SMILES string of the molecule is N#C/C(=C/c1ccc(OCc2ccc(Cl)cc2)c(I)c1)C(=O)Nc1cccc(C(=O)O)c1. The van der Waals surface area contributed by atoms with Crippen molar-refractivity contribution in [3.63, 3.8) is 0 Å². The van der Waals surface area contributed by atoms with Gasteiger partial charge < -0.3 is 15.2 Å². The number of carbonyl (C=O) groups excluding carboxylic acids is 1. The number of rotatable bonds is 7. The van der Waals surface area contributed by atoms with Crippen LogP contribution >= 0.6 is 34.2 Å². The second-order valence-corrected chi connectivity index (χ2v) is 8.21. The lowest BCUT2D eigenvalue weighted by atomic mass is 10.1. The number of amides is 1. The Morgan fingerprint density at radius 1 is 1.12 bits per heavy atom. The average Bonchev–Trinajstić information content (AvgIpc) is 2.78. The van der Waals surface area contributed by atoms with Crippen molar-refractivity contribution in [2.24, 2.45) is 0 Å². The number of halogens is 2. The number of nitrogens with one attached hydrogen (secondary N) is 1. The van der Waals surface area contributed by atoms with Crippen molar-refractivity contribution in [1.29, 1.82) is 5.26 Å². The standard InChI is InChI=1S/C24H16ClIN2O4/c25-19-7-4-15(5-8-19)14-32-22-9-6-16(11-21(22)26)10-18(13-27)23(29)28-20-3-1-2-17(12-20)24(30)31/h1-12H,14H2,(H,28,29)(H,30,31)/b18-10-. The summed E-state index contributed by atoms with van der Waals surface area (Å²) in [6.45, 7) is 0.379. The van der Waals surface area contributed by atoms with E-state index in [4.69, 9.17) is 21.4 Å². The number of aromatic carboxylic acids is 1. The highest BCUT2D eigenvalue weighted by Crippen LogP contribution is 2.25. The number of nitriles is 1. The highest BCUT2D eigenvalue weighted by atomic mass is 127. The van der Waals surface area contributed by atoms with E-state index >= 15 is 0 Å². The highest BCUT2D eigenvalue weighted by molar-refractivity contribution is 14.1. The van der Waals surface area contributed by atoms with Crippen LogP contribution in [0.2, 0.25) is 5.02 Å². The summed E-state index contributed by atoms with van der Waals surface area (Å²) in [6.07, 6.45) is 1.46. The first-order valence-electron chi connectivity index (χ1n) is 9.29. The Bertz CT molecular complexity index is 1230. The molecular weight excluding hydrogens is 543 g/mol. The van der Waals surface area contributed by atoms with Gasteiger partial charge in [0.2, 0.25) is 0 Å². The van der Waals surface area contributed by atoms with Crippen LogP contribution in [0.1, 0.15) is 21.5 Å². The number of nitrogens with zero attached hydrogens (tertiary/aromatic N) is 1. The van der Waals surface area contributed by atoms with Crippen molar-refractivity contribution < 1.29 is 19.4 Å². The Balaban J connectivity index is 1.71. The minimum absolute atomic E-state index is 0.0361. The molecule has 0 unspecified atom stereocenters. The van der Waals surface area contributed by atoms with Gasteiger partial charge in [0.05, 0.1) is 9.13 Å². The Morgan fingerprint density at radius 2 is 1.88 bits per heavy atom. The number of carboxylic acid groups (broad SMARTS) is 1. The fourth-order valence-corrected chi connectivity index (χ4v) is 3.53. The molecular formula is C24H16ClIN2O4. The van der Waals surface area contributed by atoms with Gasteiger partial charge in [-0.05, 0) is 82.3 Å². The fraction of sp³-hybridized carbons (Fsp3) is 0.0417. The summed E-state index contributed by atoms with van der Waals surface area (Å²) in [5.41, 5.74) is 1.84. The van der Waals surface area contributed by atoms with Crippen molar-refractivity contribution in [2.75, 3.05) is 5.32 Å². The zero-order valence-electron chi connectivity index (χ0n) is 16.5. The minimum atomic E-state index is -1.11. The van der Waals surface area contributed by atoms with Crippen molar-refractivity contribution >= 4 is 57.8 Å². The van der Waals surface area contributed by atoms with Gasteiger partial charge in [-0.25, -0.2) is 4.79 Å². The molecule has 0 aliphatic rings. The first-order valence-corrected chi connectivity index (χ1v) is 10.7. The van der Waals surface area contributed by atoms with E-state index in [2.05, 4.69) is 27.9 Å². The summed E-state index contributed by atoms with van der Waals surface area (Å²) < 4.78 is 6.66. The van der Waals surface area contributed by atoms with Gasteiger partial charge in [0.15, 0.2) is 0 Å². The van der Waals surface area contributed by atoms with E-state index in [1.54, 1.807) is 36.4 Å². The molecule has 3 aromatic rings. The molecule has 32 heavy (non-hydrogen) atoms. The van der Waals surface area contributed by atoms with Gasteiger partial charge in [-0.2, -0.15) is 5.26 Å². The predicted octanol–water partition coefficient (Wildman–Crippen LogP) is 5.77. The molecule has 2 N–H and O–H groups in total. The molecule has 0 aliphatic heterocycles. The van der Waals surface area contributed by atoms with Gasteiger partial charge in [-0.15, -0.1) is 0 Å². The van der Waals surface area contributed by atoms with Crippen molar-refractivity contribution in [3.8, 4) is 11.8 Å². The van der Waals surface area contributed by atoms with E-state index in [0.717, 1.165) is 9.13 Å². The molecule has 0 aromatic heterocycles. The summed E-state index contributed by atoms with van der Waals surface area (Å²) in [4.78, 5) is 23.6. The summed E-state index contributed by atoms with van der Waals surface area (Å²) in [5, 5.41) is 21.7. The topological polar surface area (TPSA) is 99.4 Å². The Hall–Kier alpha value is -3.35. The van der Waals surface area contributed by atoms with Gasteiger partial charge in [0.25, 0.3) is 5.91 Å². The number of ether oxygens (including phenoxy) is 1. The van der Waals surface area contributed by atoms with Gasteiger partial charge in [-0.1, -0.05) is 35.9 Å². The van der Waals surface area contributed by atoms with Gasteiger partial charge in [-0.3, -0.25) is 4.79 Å². The van der Waals surface area contributed by atoms with E-state index in [0.29, 0.717) is 22.9 Å². The van der Waals surface area contributed by atoms with Crippen LogP contribution in [0.4, 0.5) is 5.69 Å². The molecule has 3 rings (SSSR count). The number of benzene rings is 3. The number of hydrogen-bond donors (Lipinski definition) is 2. The maximum absolute atomic E-state index is 12.5. The molecule has 3 aromatic carbocycles. The second-order valence-electron chi connectivity index (χ2n) is 6.61. The molecule has 0 saturated carbocycles. The quantitative estimate of drug-likeness (QED) is 0.218. The molecule has 0 saturated heterocycles. The molecule has 6 nitrogen and oxygen atoms in total. The van der Waals surface area contributed by atoms with Crippen molar-refractivity contribution in [2.45, 2.75) is 6.61 Å². The van der Waals surface area contributed by atoms with Gasteiger partial charge >= 0.3 is 5.97 Å². The zero-order chi connectivity index (χ0) is 23.1. The number of carbonyl (C=O) groups is 2. The lowest BCUT2D eigenvalue weighted by Gasteiger charge is -2.09. The minimum Gasteiger partial charge on any atom is -0.488 e. The number of anilines is 1. The molecule has 0 atom stereocenters. The van der Waals surface area contributed by atoms with Crippen LogP contribution in [0, 0.1) is 14.9 Å². The summed E-state index contributed by atoms with van der Waals surface area (Å²) in [7, 11) is 0. The molecule has 0 aliphatic carbocycles. The Morgan fingerprint density at radius 3 is 2.53 bits per heavy atom. The first-order chi connectivity index (χ1) is 15.4.